The van der Waals surface area contributed by atoms with E-state index in [1.807, 2.05) is 0 Å². The molecule has 1 aromatic carbocycles. The molecule has 0 spiro atoms. The third-order valence-electron chi connectivity index (χ3n) is 5.06. The summed E-state index contributed by atoms with van der Waals surface area (Å²) >= 11 is 0. The van der Waals surface area contributed by atoms with Gasteiger partial charge in [-0.15, -0.1) is 0 Å². The van der Waals surface area contributed by atoms with E-state index in [0.29, 0.717) is 24.2 Å². The lowest BCUT2D eigenvalue weighted by molar-refractivity contribution is -0.130. The van der Waals surface area contributed by atoms with Crippen LogP contribution in [0.3, 0.4) is 0 Å². The second-order valence-corrected chi connectivity index (χ2v) is 7.04. The molecule has 0 bridgehead atoms. The van der Waals surface area contributed by atoms with Gasteiger partial charge in [-0.25, -0.2) is 0 Å². The van der Waals surface area contributed by atoms with E-state index in [0.717, 1.165) is 5.39 Å². The van der Waals surface area contributed by atoms with Crippen LogP contribution in [0.2, 0.25) is 0 Å². The first kappa shape index (κ1) is 21.3. The number of rotatable bonds is 9. The molecule has 2 unspecified atom stereocenters. The van der Waals surface area contributed by atoms with E-state index in [-0.39, 0.29) is 24.6 Å². The molecular formula is C20H24N4O6. The first-order chi connectivity index (χ1) is 14.4. The molecule has 2 aromatic rings. The highest BCUT2D eigenvalue weighted by Gasteiger charge is 2.31. The molecule has 0 saturated carbocycles. The molecule has 1 fully saturated rings. The molecule has 2 atom stereocenters. The number of aromatic nitrogens is 1. The number of aromatic amines is 1. The number of hydrogen-bond donors (Lipinski definition) is 5. The Labute approximate surface area is 172 Å². The molecule has 5 N–H and O–H groups in total. The number of carbonyl (C=O) groups is 4. The molecule has 1 aromatic heterocycles. The quantitative estimate of drug-likeness (QED) is 0.371. The molecule has 10 nitrogen and oxygen atoms in total. The first-order valence-corrected chi connectivity index (χ1v) is 9.57. The molecular weight excluding hydrogens is 392 g/mol. The van der Waals surface area contributed by atoms with Crippen molar-refractivity contribution in [3.05, 3.63) is 30.0 Å². The highest BCUT2D eigenvalue weighted by atomic mass is 16.5. The average Bonchev–Trinajstić information content (AvgIpc) is 3.36. The molecule has 3 rings (SSSR count). The second kappa shape index (κ2) is 9.40. The second-order valence-electron chi connectivity index (χ2n) is 7.04. The highest BCUT2D eigenvalue weighted by Crippen LogP contribution is 2.25. The van der Waals surface area contributed by atoms with Crippen molar-refractivity contribution in [1.29, 1.82) is 0 Å². The van der Waals surface area contributed by atoms with Gasteiger partial charge in [-0.3, -0.25) is 19.2 Å². The number of ketones is 1. The molecule has 1 aliphatic rings. The lowest BCUT2D eigenvalue weighted by Gasteiger charge is -2.19. The van der Waals surface area contributed by atoms with Crippen LogP contribution in [0.5, 0.6) is 5.75 Å². The highest BCUT2D eigenvalue weighted by molar-refractivity contribution is 6.01. The minimum atomic E-state index is -0.995. The van der Waals surface area contributed by atoms with Gasteiger partial charge < -0.3 is 30.8 Å². The van der Waals surface area contributed by atoms with Gasteiger partial charge in [0.1, 0.15) is 18.1 Å². The normalized spacial score (nSPS) is 16.7. The Morgan fingerprint density at radius 3 is 2.80 bits per heavy atom. The van der Waals surface area contributed by atoms with Crippen molar-refractivity contribution in [2.24, 2.45) is 5.92 Å². The maximum atomic E-state index is 12.4. The fourth-order valence-corrected chi connectivity index (χ4v) is 3.46. The van der Waals surface area contributed by atoms with Gasteiger partial charge in [-0.1, -0.05) is 6.07 Å². The zero-order valence-corrected chi connectivity index (χ0v) is 16.5. The van der Waals surface area contributed by atoms with Crippen molar-refractivity contribution in [3.63, 3.8) is 0 Å². The number of amides is 3. The maximum absolute atomic E-state index is 12.4. The Morgan fingerprint density at radius 1 is 1.33 bits per heavy atom. The van der Waals surface area contributed by atoms with E-state index >= 15 is 0 Å². The minimum absolute atomic E-state index is 0.104. The largest absolute Gasteiger partial charge is 0.496 e. The van der Waals surface area contributed by atoms with Crippen LogP contribution in [-0.2, 0) is 14.4 Å². The number of hydrogen-bond acceptors (Lipinski definition) is 6. The van der Waals surface area contributed by atoms with Crippen molar-refractivity contribution < 1.29 is 29.0 Å². The van der Waals surface area contributed by atoms with Crippen LogP contribution in [0.4, 0.5) is 0 Å². The van der Waals surface area contributed by atoms with Crippen LogP contribution in [-0.4, -0.2) is 66.4 Å². The fourth-order valence-electron chi connectivity index (χ4n) is 3.46. The number of carbonyl (C=O) groups excluding carboxylic acids is 4. The summed E-state index contributed by atoms with van der Waals surface area (Å²) in [6, 6.07) is 5.99. The van der Waals surface area contributed by atoms with E-state index in [4.69, 9.17) is 9.84 Å². The van der Waals surface area contributed by atoms with Gasteiger partial charge in [-0.2, -0.15) is 0 Å². The lowest BCUT2D eigenvalue weighted by atomic mass is 9.96. The van der Waals surface area contributed by atoms with Crippen LogP contribution in [0.1, 0.15) is 23.3 Å². The summed E-state index contributed by atoms with van der Waals surface area (Å²) < 4.78 is 5.26. The van der Waals surface area contributed by atoms with Crippen molar-refractivity contribution in [3.8, 4) is 5.75 Å². The summed E-state index contributed by atoms with van der Waals surface area (Å²) in [4.78, 5) is 51.3. The van der Waals surface area contributed by atoms with Crippen LogP contribution in [0.15, 0.2) is 24.3 Å². The summed E-state index contributed by atoms with van der Waals surface area (Å²) in [5, 5.41) is 17.5. The van der Waals surface area contributed by atoms with Gasteiger partial charge in [0.15, 0.2) is 5.78 Å². The average molecular weight is 416 g/mol. The molecule has 0 radical (unpaired) electrons. The number of methoxy groups -OCH3 is 1. The van der Waals surface area contributed by atoms with E-state index in [1.54, 1.807) is 24.3 Å². The molecule has 1 saturated heterocycles. The van der Waals surface area contributed by atoms with E-state index in [2.05, 4.69) is 20.9 Å². The van der Waals surface area contributed by atoms with Crippen molar-refractivity contribution in [2.45, 2.75) is 18.9 Å². The number of aliphatic hydroxyl groups is 1. The third-order valence-corrected chi connectivity index (χ3v) is 5.06. The number of aliphatic hydroxyl groups excluding tert-OH is 1. The van der Waals surface area contributed by atoms with E-state index < -0.39 is 36.2 Å². The molecule has 3 amide bonds. The number of fused-ring (bicyclic) bond motifs is 1. The number of ether oxygens (including phenoxy) is 1. The van der Waals surface area contributed by atoms with E-state index in [1.165, 1.54) is 7.11 Å². The molecule has 0 aliphatic carbocycles. The fraction of sp³-hybridized carbons (Fsp3) is 0.400. The zero-order valence-electron chi connectivity index (χ0n) is 16.5. The molecule has 1 aliphatic heterocycles. The minimum Gasteiger partial charge on any atom is -0.496 e. The molecule has 160 valence electrons. The Hall–Kier alpha value is -3.40. The summed E-state index contributed by atoms with van der Waals surface area (Å²) in [6.07, 6.45) is 0.664. The number of nitrogens with one attached hydrogen (secondary N) is 4. The predicted molar refractivity (Wildman–Crippen MR) is 107 cm³/mol. The van der Waals surface area contributed by atoms with Gasteiger partial charge in [0, 0.05) is 23.4 Å². The van der Waals surface area contributed by atoms with Crippen molar-refractivity contribution >= 4 is 34.4 Å². The Kier molecular flexibility index (Phi) is 6.68. The predicted octanol–water partition coefficient (Wildman–Crippen LogP) is -0.521. The van der Waals surface area contributed by atoms with Gasteiger partial charge in [0.05, 0.1) is 19.7 Å². The lowest BCUT2D eigenvalue weighted by Crippen LogP contribution is -2.47. The van der Waals surface area contributed by atoms with Gasteiger partial charge in [-0.05, 0) is 31.0 Å². The summed E-state index contributed by atoms with van der Waals surface area (Å²) in [5.41, 5.74) is 0.973. The van der Waals surface area contributed by atoms with Crippen LogP contribution < -0.4 is 20.7 Å². The molecule has 10 heteroatoms. The van der Waals surface area contributed by atoms with Gasteiger partial charge in [0.25, 0.3) is 5.91 Å². The Bertz CT molecular complexity index is 969. The topological polar surface area (TPSA) is 150 Å². The summed E-state index contributed by atoms with van der Waals surface area (Å²) in [6.45, 7) is -0.594. The number of benzene rings is 1. The van der Waals surface area contributed by atoms with Crippen LogP contribution in [0.25, 0.3) is 10.9 Å². The van der Waals surface area contributed by atoms with Gasteiger partial charge >= 0.3 is 0 Å². The summed E-state index contributed by atoms with van der Waals surface area (Å²) in [7, 11) is 1.53. The van der Waals surface area contributed by atoms with Gasteiger partial charge in [0.2, 0.25) is 11.8 Å². The monoisotopic (exact) mass is 416 g/mol. The van der Waals surface area contributed by atoms with Crippen LogP contribution in [0, 0.1) is 5.92 Å². The third kappa shape index (κ3) is 4.77. The van der Waals surface area contributed by atoms with Crippen LogP contribution >= 0.6 is 0 Å². The zero-order chi connectivity index (χ0) is 21.7. The van der Waals surface area contributed by atoms with E-state index in [9.17, 15) is 19.2 Å². The maximum Gasteiger partial charge on any atom is 0.268 e. The Morgan fingerprint density at radius 2 is 2.13 bits per heavy atom. The van der Waals surface area contributed by atoms with Crippen molar-refractivity contribution in [2.75, 3.05) is 26.8 Å². The number of Topliss-reactive ketones (excluding diaryl/α,β-unsaturated/α-hetero) is 1. The molecule has 2 heterocycles. The number of H-pyrrole nitrogens is 1. The smallest absolute Gasteiger partial charge is 0.268 e. The Balaban J connectivity index is 1.58. The van der Waals surface area contributed by atoms with Crippen molar-refractivity contribution in [1.82, 2.24) is 20.9 Å². The molecule has 30 heavy (non-hydrogen) atoms. The first-order valence-electron chi connectivity index (χ1n) is 9.57. The summed E-state index contributed by atoms with van der Waals surface area (Å²) in [5.74, 6) is -1.64. The SMILES string of the molecule is COc1cccc2[nH]c(C(=O)NCC(=O)NC(CC3CCNC3=O)C(=O)CO)cc12. The standard InChI is InChI=1S/C20H24N4O6/c1-30-17-4-2-3-13-12(17)8-15(23-13)20(29)22-9-18(27)24-14(16(26)10-25)7-11-5-6-21-19(11)28/h2-4,8,11,14,23,25H,5-7,9-10H2,1H3,(H,21,28)(H,22,29)(H,24,27).